The van der Waals surface area contributed by atoms with Crippen molar-refractivity contribution in [2.45, 2.75) is 39.7 Å². The zero-order valence-electron chi connectivity index (χ0n) is 11.4. The third-order valence-corrected chi connectivity index (χ3v) is 3.79. The first-order valence-corrected chi connectivity index (χ1v) is 6.54. The number of nitrogens with zero attached hydrogens (tertiary/aromatic N) is 2. The van der Waals surface area contributed by atoms with Gasteiger partial charge >= 0.3 is 0 Å². The number of rotatable bonds is 5. The highest BCUT2D eigenvalue weighted by atomic mass is 16.3. The van der Waals surface area contributed by atoms with E-state index in [0.29, 0.717) is 12.6 Å². The Morgan fingerprint density at radius 2 is 2.06 bits per heavy atom. The summed E-state index contributed by atoms with van der Waals surface area (Å²) in [4.78, 5) is 4.92. The molecule has 0 amide bonds. The lowest BCUT2D eigenvalue weighted by molar-refractivity contribution is 0.0290. The lowest BCUT2D eigenvalue weighted by Gasteiger charge is -2.42. The van der Waals surface area contributed by atoms with Crippen molar-refractivity contribution in [2.75, 3.05) is 39.8 Å². The van der Waals surface area contributed by atoms with Gasteiger partial charge in [0.05, 0.1) is 0 Å². The van der Waals surface area contributed by atoms with Crippen molar-refractivity contribution < 1.29 is 5.11 Å². The van der Waals surface area contributed by atoms with Crippen molar-refractivity contribution in [3.63, 3.8) is 0 Å². The van der Waals surface area contributed by atoms with E-state index in [0.717, 1.165) is 39.0 Å². The zero-order valence-corrected chi connectivity index (χ0v) is 11.4. The molecule has 0 aromatic heterocycles. The molecule has 96 valence electrons. The van der Waals surface area contributed by atoms with Gasteiger partial charge in [-0.05, 0) is 20.4 Å². The number of hydrogen-bond donors (Lipinski definition) is 1. The second-order valence-electron chi connectivity index (χ2n) is 5.80. The highest BCUT2D eigenvalue weighted by molar-refractivity contribution is 4.84. The van der Waals surface area contributed by atoms with Crippen LogP contribution in [0.1, 0.15) is 33.6 Å². The van der Waals surface area contributed by atoms with Crippen LogP contribution in [0.2, 0.25) is 0 Å². The molecule has 1 heterocycles. The minimum Gasteiger partial charge on any atom is -0.396 e. The molecule has 16 heavy (non-hydrogen) atoms. The molecule has 1 N–H and O–H groups in total. The van der Waals surface area contributed by atoms with Gasteiger partial charge in [-0.1, -0.05) is 20.3 Å². The molecule has 3 nitrogen and oxygen atoms in total. The molecule has 0 bridgehead atoms. The maximum atomic E-state index is 9.55. The van der Waals surface area contributed by atoms with Crippen LogP contribution in [0.15, 0.2) is 0 Å². The van der Waals surface area contributed by atoms with Crippen molar-refractivity contribution in [3.8, 4) is 0 Å². The Morgan fingerprint density at radius 3 is 2.56 bits per heavy atom. The summed E-state index contributed by atoms with van der Waals surface area (Å²) in [5, 5.41) is 9.55. The van der Waals surface area contributed by atoms with E-state index in [1.54, 1.807) is 0 Å². The summed E-state index contributed by atoms with van der Waals surface area (Å²) < 4.78 is 0. The van der Waals surface area contributed by atoms with Crippen molar-refractivity contribution in [3.05, 3.63) is 0 Å². The van der Waals surface area contributed by atoms with Gasteiger partial charge in [-0.15, -0.1) is 0 Å². The van der Waals surface area contributed by atoms with Gasteiger partial charge in [0.25, 0.3) is 0 Å². The minimum atomic E-state index is 0.0823. The van der Waals surface area contributed by atoms with Gasteiger partial charge in [0.1, 0.15) is 0 Å². The molecule has 0 aromatic carbocycles. The van der Waals surface area contributed by atoms with Crippen LogP contribution in [-0.4, -0.2) is 60.8 Å². The predicted molar refractivity (Wildman–Crippen MR) is 68.6 cm³/mol. The van der Waals surface area contributed by atoms with Crippen molar-refractivity contribution in [2.24, 2.45) is 5.41 Å². The van der Waals surface area contributed by atoms with Gasteiger partial charge in [-0.3, -0.25) is 4.90 Å². The normalized spacial score (nSPS) is 27.9. The van der Waals surface area contributed by atoms with Crippen LogP contribution in [0.3, 0.4) is 0 Å². The molecule has 0 aromatic rings. The smallest absolute Gasteiger partial charge is 0.0497 e. The summed E-state index contributed by atoms with van der Waals surface area (Å²) in [6.07, 6.45) is 2.27. The highest BCUT2D eigenvalue weighted by Crippen LogP contribution is 2.25. The van der Waals surface area contributed by atoms with E-state index in [4.69, 9.17) is 0 Å². The molecule has 0 spiro atoms. The lowest BCUT2D eigenvalue weighted by atomic mass is 9.85. The van der Waals surface area contributed by atoms with E-state index in [1.807, 2.05) is 0 Å². The zero-order chi connectivity index (χ0) is 12.2. The quantitative estimate of drug-likeness (QED) is 0.771. The minimum absolute atomic E-state index is 0.0823. The monoisotopic (exact) mass is 228 g/mol. The Balaban J connectivity index is 2.51. The Hall–Kier alpha value is -0.120. The van der Waals surface area contributed by atoms with E-state index in [-0.39, 0.29) is 5.41 Å². The van der Waals surface area contributed by atoms with E-state index < -0.39 is 0 Å². The van der Waals surface area contributed by atoms with Crippen LogP contribution in [0.5, 0.6) is 0 Å². The first-order chi connectivity index (χ1) is 7.50. The van der Waals surface area contributed by atoms with Gasteiger partial charge in [-0.25, -0.2) is 0 Å². The molecule has 1 saturated heterocycles. The molecule has 1 fully saturated rings. The summed E-state index contributed by atoms with van der Waals surface area (Å²) in [6, 6.07) is 0.612. The highest BCUT2D eigenvalue weighted by Gasteiger charge is 2.30. The molecular weight excluding hydrogens is 200 g/mol. The Morgan fingerprint density at radius 1 is 1.38 bits per heavy atom. The van der Waals surface area contributed by atoms with Crippen molar-refractivity contribution in [1.29, 1.82) is 0 Å². The average Bonchev–Trinajstić information content (AvgIpc) is 2.23. The van der Waals surface area contributed by atoms with Crippen molar-refractivity contribution >= 4 is 0 Å². The lowest BCUT2D eigenvalue weighted by Crippen LogP contribution is -2.53. The summed E-state index contributed by atoms with van der Waals surface area (Å²) in [5.41, 5.74) is 0.0823. The summed E-state index contributed by atoms with van der Waals surface area (Å²) in [7, 11) is 2.19. The van der Waals surface area contributed by atoms with Gasteiger partial charge in [0.15, 0.2) is 0 Å². The maximum absolute atomic E-state index is 9.55. The van der Waals surface area contributed by atoms with Crippen molar-refractivity contribution in [1.82, 2.24) is 9.80 Å². The number of aliphatic hydroxyl groups is 1. The van der Waals surface area contributed by atoms with Crippen LogP contribution in [0.4, 0.5) is 0 Å². The average molecular weight is 228 g/mol. The number of aliphatic hydroxyl groups excluding tert-OH is 1. The van der Waals surface area contributed by atoms with Gasteiger partial charge < -0.3 is 10.0 Å². The molecule has 2 atom stereocenters. The van der Waals surface area contributed by atoms with Gasteiger partial charge in [0.2, 0.25) is 0 Å². The number of hydrogen-bond acceptors (Lipinski definition) is 3. The van der Waals surface area contributed by atoms with Crippen LogP contribution in [0.25, 0.3) is 0 Å². The SMILES string of the molecule is CCCC(C)(CO)CN1CCN(C)CC1C. The molecule has 0 saturated carbocycles. The predicted octanol–water partition coefficient (Wildman–Crippen LogP) is 1.42. The van der Waals surface area contributed by atoms with Gasteiger partial charge in [-0.2, -0.15) is 0 Å². The summed E-state index contributed by atoms with van der Waals surface area (Å²) in [5.74, 6) is 0. The first-order valence-electron chi connectivity index (χ1n) is 6.54. The number of likely N-dealkylation sites (N-methyl/N-ethyl adjacent to an activating group) is 1. The largest absolute Gasteiger partial charge is 0.396 e. The second kappa shape index (κ2) is 5.99. The van der Waals surface area contributed by atoms with E-state index >= 15 is 0 Å². The molecule has 1 aliphatic heterocycles. The molecule has 1 rings (SSSR count). The third kappa shape index (κ3) is 3.72. The van der Waals surface area contributed by atoms with Crippen LogP contribution in [-0.2, 0) is 0 Å². The Labute approximate surface area is 100 Å². The first kappa shape index (κ1) is 13.9. The maximum Gasteiger partial charge on any atom is 0.0497 e. The van der Waals surface area contributed by atoms with Crippen LogP contribution in [0, 0.1) is 5.41 Å². The summed E-state index contributed by atoms with van der Waals surface area (Å²) >= 11 is 0. The Kier molecular flexibility index (Phi) is 5.22. The summed E-state index contributed by atoms with van der Waals surface area (Å²) in [6.45, 7) is 11.5. The topological polar surface area (TPSA) is 26.7 Å². The molecule has 0 radical (unpaired) electrons. The fraction of sp³-hybridized carbons (Fsp3) is 1.00. The van der Waals surface area contributed by atoms with E-state index in [9.17, 15) is 5.11 Å². The third-order valence-electron chi connectivity index (χ3n) is 3.79. The van der Waals surface area contributed by atoms with Gasteiger partial charge in [0, 0.05) is 44.2 Å². The second-order valence-corrected chi connectivity index (χ2v) is 5.80. The van der Waals surface area contributed by atoms with Crippen LogP contribution < -0.4 is 0 Å². The van der Waals surface area contributed by atoms with E-state index in [2.05, 4.69) is 37.6 Å². The Bertz CT molecular complexity index is 210. The molecule has 2 unspecified atom stereocenters. The fourth-order valence-corrected chi connectivity index (χ4v) is 2.71. The molecule has 1 aliphatic rings. The standard InChI is InChI=1S/C13H28N2O/c1-5-6-13(3,11-16)10-15-8-7-14(4)9-12(15)2/h12,16H,5-11H2,1-4H3. The van der Waals surface area contributed by atoms with Crippen LogP contribution >= 0.6 is 0 Å². The molecule has 3 heteroatoms. The van der Waals surface area contributed by atoms with E-state index in [1.165, 1.54) is 0 Å². The number of piperazine rings is 1. The molecule has 0 aliphatic carbocycles. The fourth-order valence-electron chi connectivity index (χ4n) is 2.71. The molecular formula is C13H28N2O.